The highest BCUT2D eigenvalue weighted by molar-refractivity contribution is 6.32. The van der Waals surface area contributed by atoms with Crippen LogP contribution in [0.5, 0.6) is 0 Å². The van der Waals surface area contributed by atoms with Crippen molar-refractivity contribution in [3.05, 3.63) is 45.2 Å². The molecule has 0 unspecified atom stereocenters. The Hall–Kier alpha value is -0.990. The first kappa shape index (κ1) is 11.5. The van der Waals surface area contributed by atoms with Crippen molar-refractivity contribution in [1.82, 2.24) is 9.78 Å². The second-order valence-electron chi connectivity index (χ2n) is 3.83. The van der Waals surface area contributed by atoms with Crippen LogP contribution >= 0.6 is 23.2 Å². The number of benzene rings is 1. The van der Waals surface area contributed by atoms with E-state index >= 15 is 0 Å². The fourth-order valence-electron chi connectivity index (χ4n) is 1.59. The van der Waals surface area contributed by atoms with E-state index in [1.807, 2.05) is 43.7 Å². The molecule has 1 heterocycles. The lowest BCUT2D eigenvalue weighted by molar-refractivity contribution is 0.833. The van der Waals surface area contributed by atoms with Gasteiger partial charge in [0.1, 0.15) is 0 Å². The average Bonchev–Trinajstić information content (AvgIpc) is 2.50. The van der Waals surface area contributed by atoms with Crippen molar-refractivity contribution in [2.45, 2.75) is 20.8 Å². The summed E-state index contributed by atoms with van der Waals surface area (Å²) in [5.41, 5.74) is 3.75. The molecule has 0 radical (unpaired) electrons. The normalized spacial score (nSPS) is 10.8. The van der Waals surface area contributed by atoms with Gasteiger partial charge >= 0.3 is 0 Å². The molecule has 2 rings (SSSR count). The number of hydrogen-bond donors (Lipinski definition) is 0. The summed E-state index contributed by atoms with van der Waals surface area (Å²) in [4.78, 5) is 0. The van der Waals surface area contributed by atoms with Gasteiger partial charge in [0, 0.05) is 5.02 Å². The van der Waals surface area contributed by atoms with Crippen LogP contribution in [0.25, 0.3) is 5.69 Å². The van der Waals surface area contributed by atoms with Crippen molar-refractivity contribution >= 4 is 23.2 Å². The summed E-state index contributed by atoms with van der Waals surface area (Å²) in [6.45, 7) is 5.80. The molecule has 0 aliphatic rings. The molecule has 0 amide bonds. The maximum atomic E-state index is 6.10. The van der Waals surface area contributed by atoms with E-state index in [2.05, 4.69) is 5.10 Å². The van der Waals surface area contributed by atoms with E-state index in [0.717, 1.165) is 27.7 Å². The summed E-state index contributed by atoms with van der Waals surface area (Å²) >= 11 is 12.2. The van der Waals surface area contributed by atoms with Gasteiger partial charge < -0.3 is 0 Å². The van der Waals surface area contributed by atoms with Crippen LogP contribution in [0.15, 0.2) is 18.2 Å². The highest BCUT2D eigenvalue weighted by Gasteiger charge is 2.11. The molecule has 0 N–H and O–H groups in total. The molecule has 0 fully saturated rings. The second-order valence-corrected chi connectivity index (χ2v) is 4.62. The highest BCUT2D eigenvalue weighted by Crippen LogP contribution is 2.25. The predicted octanol–water partition coefficient (Wildman–Crippen LogP) is 4.10. The molecule has 0 bridgehead atoms. The molecule has 0 aliphatic heterocycles. The SMILES string of the molecule is Cc1ccc(-n2nc(C)c(Cl)c2C)cc1Cl. The maximum Gasteiger partial charge on any atom is 0.0848 e. The van der Waals surface area contributed by atoms with Gasteiger partial charge in [-0.05, 0) is 38.5 Å². The van der Waals surface area contributed by atoms with Gasteiger partial charge in [0.2, 0.25) is 0 Å². The zero-order valence-electron chi connectivity index (χ0n) is 9.38. The molecule has 1 aromatic carbocycles. The Morgan fingerprint density at radius 1 is 1.12 bits per heavy atom. The van der Waals surface area contributed by atoms with E-state index in [1.54, 1.807) is 0 Å². The minimum Gasteiger partial charge on any atom is -0.236 e. The van der Waals surface area contributed by atoms with Crippen molar-refractivity contribution in [2.24, 2.45) is 0 Å². The minimum absolute atomic E-state index is 0.705. The summed E-state index contributed by atoms with van der Waals surface area (Å²) in [6.07, 6.45) is 0. The summed E-state index contributed by atoms with van der Waals surface area (Å²) < 4.78 is 1.81. The summed E-state index contributed by atoms with van der Waals surface area (Å²) in [5.74, 6) is 0. The number of hydrogen-bond acceptors (Lipinski definition) is 1. The molecule has 0 aliphatic carbocycles. The van der Waals surface area contributed by atoms with E-state index in [1.165, 1.54) is 0 Å². The Balaban J connectivity index is 2.59. The van der Waals surface area contributed by atoms with Gasteiger partial charge in [0.25, 0.3) is 0 Å². The lowest BCUT2D eigenvalue weighted by Crippen LogP contribution is -1.99. The number of nitrogens with zero attached hydrogens (tertiary/aromatic N) is 2. The van der Waals surface area contributed by atoms with Crippen LogP contribution in [-0.4, -0.2) is 9.78 Å². The van der Waals surface area contributed by atoms with E-state index in [9.17, 15) is 0 Å². The van der Waals surface area contributed by atoms with Gasteiger partial charge in [-0.3, -0.25) is 0 Å². The minimum atomic E-state index is 0.705. The van der Waals surface area contributed by atoms with Crippen LogP contribution in [0.2, 0.25) is 10.0 Å². The first-order chi connectivity index (χ1) is 7.50. The lowest BCUT2D eigenvalue weighted by Gasteiger charge is -2.06. The molecule has 2 aromatic rings. The molecular formula is C12H12Cl2N2. The largest absolute Gasteiger partial charge is 0.236 e. The topological polar surface area (TPSA) is 17.8 Å². The monoisotopic (exact) mass is 254 g/mol. The van der Waals surface area contributed by atoms with Gasteiger partial charge in [0.15, 0.2) is 0 Å². The third-order valence-electron chi connectivity index (χ3n) is 2.60. The van der Waals surface area contributed by atoms with Crippen LogP contribution in [0, 0.1) is 20.8 Å². The quantitative estimate of drug-likeness (QED) is 0.749. The molecule has 2 nitrogen and oxygen atoms in total. The predicted molar refractivity (Wildman–Crippen MR) is 67.8 cm³/mol. The van der Waals surface area contributed by atoms with Gasteiger partial charge in [-0.15, -0.1) is 0 Å². The Morgan fingerprint density at radius 3 is 2.31 bits per heavy atom. The number of aromatic nitrogens is 2. The molecule has 1 aromatic heterocycles. The molecule has 84 valence electrons. The smallest absolute Gasteiger partial charge is 0.0848 e. The first-order valence-electron chi connectivity index (χ1n) is 4.99. The lowest BCUT2D eigenvalue weighted by atomic mass is 10.2. The molecule has 0 atom stereocenters. The van der Waals surface area contributed by atoms with Gasteiger partial charge in [-0.25, -0.2) is 4.68 Å². The molecular weight excluding hydrogens is 243 g/mol. The highest BCUT2D eigenvalue weighted by atomic mass is 35.5. The fourth-order valence-corrected chi connectivity index (χ4v) is 1.88. The fraction of sp³-hybridized carbons (Fsp3) is 0.250. The Kier molecular flexibility index (Phi) is 2.96. The van der Waals surface area contributed by atoms with Crippen molar-refractivity contribution in [3.8, 4) is 5.69 Å². The maximum absolute atomic E-state index is 6.10. The first-order valence-corrected chi connectivity index (χ1v) is 5.74. The van der Waals surface area contributed by atoms with Crippen LogP contribution in [0.1, 0.15) is 17.0 Å². The zero-order valence-corrected chi connectivity index (χ0v) is 10.9. The van der Waals surface area contributed by atoms with E-state index in [4.69, 9.17) is 23.2 Å². The van der Waals surface area contributed by atoms with E-state index in [-0.39, 0.29) is 0 Å². The van der Waals surface area contributed by atoms with Crippen LogP contribution in [-0.2, 0) is 0 Å². The van der Waals surface area contributed by atoms with Crippen molar-refractivity contribution in [3.63, 3.8) is 0 Å². The molecule has 0 saturated heterocycles. The summed E-state index contributed by atoms with van der Waals surface area (Å²) in [5, 5.41) is 5.82. The van der Waals surface area contributed by atoms with Crippen LogP contribution < -0.4 is 0 Å². The molecule has 16 heavy (non-hydrogen) atoms. The molecule has 0 saturated carbocycles. The van der Waals surface area contributed by atoms with Crippen molar-refractivity contribution in [2.75, 3.05) is 0 Å². The third kappa shape index (κ3) is 1.83. The van der Waals surface area contributed by atoms with Crippen molar-refractivity contribution < 1.29 is 0 Å². The summed E-state index contributed by atoms with van der Waals surface area (Å²) in [6, 6.07) is 5.85. The Labute approximate surface area is 105 Å². The van der Waals surface area contributed by atoms with Crippen molar-refractivity contribution in [1.29, 1.82) is 0 Å². The van der Waals surface area contributed by atoms with E-state index in [0.29, 0.717) is 5.02 Å². The standard InChI is InChI=1S/C12H12Cl2N2/c1-7-4-5-10(6-11(7)13)16-9(3)12(14)8(2)15-16/h4-6H,1-3H3. The summed E-state index contributed by atoms with van der Waals surface area (Å²) in [7, 11) is 0. The number of aryl methyl sites for hydroxylation is 2. The number of rotatable bonds is 1. The average molecular weight is 255 g/mol. The Morgan fingerprint density at radius 2 is 1.81 bits per heavy atom. The Bertz CT molecular complexity index is 544. The second kappa shape index (κ2) is 4.11. The third-order valence-corrected chi connectivity index (χ3v) is 3.56. The van der Waals surface area contributed by atoms with Gasteiger partial charge in [0.05, 0.1) is 22.1 Å². The number of halogens is 2. The van der Waals surface area contributed by atoms with Crippen LogP contribution in [0.4, 0.5) is 0 Å². The van der Waals surface area contributed by atoms with Crippen LogP contribution in [0.3, 0.4) is 0 Å². The van der Waals surface area contributed by atoms with Gasteiger partial charge in [-0.1, -0.05) is 29.3 Å². The van der Waals surface area contributed by atoms with Gasteiger partial charge in [-0.2, -0.15) is 5.10 Å². The molecule has 0 spiro atoms. The van der Waals surface area contributed by atoms with E-state index < -0.39 is 0 Å². The zero-order chi connectivity index (χ0) is 11.9. The molecule has 4 heteroatoms.